The van der Waals surface area contributed by atoms with Crippen LogP contribution in [0.4, 0.5) is 0 Å². The Labute approximate surface area is 346 Å². The first-order valence-electron chi connectivity index (χ1n) is 21.7. The zero-order chi connectivity index (χ0) is 41.8. The first-order valence-corrected chi connectivity index (χ1v) is 23.2. The normalized spacial score (nSPS) is 14.2. The second-order valence-electron chi connectivity index (χ2n) is 13.8. The molecule has 0 saturated heterocycles. The van der Waals surface area contributed by atoms with E-state index < -0.39 is 32.5 Å². The number of unbranched alkanes of at least 4 members (excludes halogenated alkanes) is 10. The van der Waals surface area contributed by atoms with Crippen LogP contribution in [-0.2, 0) is 32.7 Å². The van der Waals surface area contributed by atoms with Crippen molar-refractivity contribution in [1.82, 2.24) is 0 Å². The van der Waals surface area contributed by atoms with E-state index in [1.165, 1.54) is 44.9 Å². The summed E-state index contributed by atoms with van der Waals surface area (Å²) in [6, 6.07) is 0. The molecule has 57 heavy (non-hydrogen) atoms. The lowest BCUT2D eigenvalue weighted by molar-refractivity contribution is -0.161. The molecule has 0 bridgehead atoms. The van der Waals surface area contributed by atoms with E-state index in [1.807, 2.05) is 6.08 Å². The fourth-order valence-electron chi connectivity index (χ4n) is 5.20. The van der Waals surface area contributed by atoms with Gasteiger partial charge in [-0.05, 0) is 96.3 Å². The maximum absolute atomic E-state index is 12.6. The summed E-state index contributed by atoms with van der Waals surface area (Å²) in [7, 11) is -4.41. The average molecular weight is 816 g/mol. The van der Waals surface area contributed by atoms with Gasteiger partial charge in [0.05, 0.1) is 13.2 Å². The molecule has 0 radical (unpaired) electrons. The molecule has 0 aliphatic carbocycles. The fraction of sp³-hybridized carbons (Fsp3) is 0.617. The van der Waals surface area contributed by atoms with Crippen LogP contribution in [-0.4, -0.2) is 49.3 Å². The van der Waals surface area contributed by atoms with Gasteiger partial charge in [0.2, 0.25) is 0 Å². The Morgan fingerprint density at radius 3 is 1.37 bits per heavy atom. The van der Waals surface area contributed by atoms with E-state index in [1.54, 1.807) is 0 Å². The van der Waals surface area contributed by atoms with Gasteiger partial charge in [-0.15, -0.1) is 0 Å². The number of carbonyl (C=O) groups excluding carboxylic acids is 2. The van der Waals surface area contributed by atoms with E-state index in [4.69, 9.17) is 24.3 Å². The Hall–Kier alpha value is -3.07. The molecule has 3 N–H and O–H groups in total. The minimum atomic E-state index is -4.41. The van der Waals surface area contributed by atoms with E-state index in [2.05, 4.69) is 105 Å². The van der Waals surface area contributed by atoms with Gasteiger partial charge in [0.25, 0.3) is 0 Å². The molecule has 0 aromatic rings. The number of ether oxygens (including phenoxy) is 2. The Morgan fingerprint density at radius 2 is 0.930 bits per heavy atom. The van der Waals surface area contributed by atoms with Gasteiger partial charge in [0, 0.05) is 19.4 Å². The number of hydrogen-bond donors (Lipinski definition) is 2. The molecule has 10 heteroatoms. The lowest BCUT2D eigenvalue weighted by Crippen LogP contribution is -2.29. The maximum atomic E-state index is 12.6. The lowest BCUT2D eigenvalue weighted by atomic mass is 10.1. The Kier molecular flexibility index (Phi) is 40.2. The van der Waals surface area contributed by atoms with Crippen LogP contribution in [0.1, 0.15) is 155 Å². The van der Waals surface area contributed by atoms with E-state index in [9.17, 15) is 19.0 Å². The predicted molar refractivity (Wildman–Crippen MR) is 238 cm³/mol. The third kappa shape index (κ3) is 42.4. The van der Waals surface area contributed by atoms with Crippen molar-refractivity contribution in [2.45, 2.75) is 161 Å². The molecular weight excluding hydrogens is 737 g/mol. The summed E-state index contributed by atoms with van der Waals surface area (Å²) in [5, 5.41) is 0. The highest BCUT2D eigenvalue weighted by Gasteiger charge is 2.25. The van der Waals surface area contributed by atoms with Crippen LogP contribution >= 0.6 is 7.82 Å². The van der Waals surface area contributed by atoms with Gasteiger partial charge in [0.15, 0.2) is 6.10 Å². The summed E-state index contributed by atoms with van der Waals surface area (Å²) in [5.74, 6) is -0.941. The van der Waals surface area contributed by atoms with Gasteiger partial charge in [0.1, 0.15) is 6.61 Å². The average Bonchev–Trinajstić information content (AvgIpc) is 3.20. The molecule has 0 aromatic carbocycles. The van der Waals surface area contributed by atoms with Crippen LogP contribution in [0.3, 0.4) is 0 Å². The Bertz CT molecular complexity index is 1250. The maximum Gasteiger partial charge on any atom is 0.472 e. The number of carbonyl (C=O) groups is 2. The van der Waals surface area contributed by atoms with Gasteiger partial charge in [-0.1, -0.05) is 143 Å². The first kappa shape index (κ1) is 53.9. The molecule has 2 atom stereocenters. The van der Waals surface area contributed by atoms with Gasteiger partial charge < -0.3 is 20.1 Å². The number of phosphoric acid groups is 1. The third-order valence-corrected chi connectivity index (χ3v) is 9.43. The van der Waals surface area contributed by atoms with Gasteiger partial charge in [-0.25, -0.2) is 4.57 Å². The first-order chi connectivity index (χ1) is 27.8. The molecule has 0 aliphatic heterocycles. The molecule has 0 fully saturated rings. The van der Waals surface area contributed by atoms with Crippen LogP contribution in [0.25, 0.3) is 0 Å². The van der Waals surface area contributed by atoms with Crippen molar-refractivity contribution in [3.63, 3.8) is 0 Å². The van der Waals surface area contributed by atoms with Crippen molar-refractivity contribution >= 4 is 19.8 Å². The molecule has 0 amide bonds. The molecule has 1 unspecified atom stereocenters. The smallest absolute Gasteiger partial charge is 0.462 e. The van der Waals surface area contributed by atoms with Crippen LogP contribution in [0.5, 0.6) is 0 Å². The zero-order valence-corrected chi connectivity index (χ0v) is 36.4. The molecule has 0 heterocycles. The summed E-state index contributed by atoms with van der Waals surface area (Å²) in [6.45, 7) is 3.55. The molecule has 324 valence electrons. The predicted octanol–water partition coefficient (Wildman–Crippen LogP) is 12.6. The largest absolute Gasteiger partial charge is 0.472 e. The summed E-state index contributed by atoms with van der Waals surface area (Å²) < 4.78 is 32.7. The summed E-state index contributed by atoms with van der Waals surface area (Å²) in [4.78, 5) is 34.8. The minimum absolute atomic E-state index is 0.0347. The van der Waals surface area contributed by atoms with Crippen LogP contribution in [0.2, 0.25) is 0 Å². The molecule has 0 aromatic heterocycles. The van der Waals surface area contributed by atoms with Gasteiger partial charge >= 0.3 is 19.8 Å². The molecule has 0 rings (SSSR count). The van der Waals surface area contributed by atoms with Gasteiger partial charge in [-0.2, -0.15) is 0 Å². The molecule has 0 saturated carbocycles. The van der Waals surface area contributed by atoms with Crippen LogP contribution in [0.15, 0.2) is 97.2 Å². The zero-order valence-electron chi connectivity index (χ0n) is 35.5. The highest BCUT2D eigenvalue weighted by molar-refractivity contribution is 7.47. The van der Waals surface area contributed by atoms with Crippen molar-refractivity contribution in [3.05, 3.63) is 97.2 Å². The van der Waals surface area contributed by atoms with Gasteiger partial charge in [-0.3, -0.25) is 18.6 Å². The summed E-state index contributed by atoms with van der Waals surface area (Å²) >= 11 is 0. The topological polar surface area (TPSA) is 134 Å². The second kappa shape index (κ2) is 42.5. The summed E-state index contributed by atoms with van der Waals surface area (Å²) in [6.07, 6.45) is 54.4. The standard InChI is InChI=1S/C47H78NO8P/c1-3-5-7-9-11-13-15-17-19-21-22-24-25-27-29-31-33-35-37-39-46(49)53-43-45(44-55-57(51,52)54-42-41-48)56-47(50)40-38-36-34-32-30-28-26-23-20-18-16-14-12-10-8-6-4-2/h11-14,17-20,22,24,26-29,32,34,45H,3-10,15-16,21,23,25,30-31,33,35-44,48H2,1-2H3,(H,51,52)/b13-11+,14-12+,19-17+,20-18+,24-22+,28-26+,29-27+,34-32+/t45-/m1/s1. The quantitative estimate of drug-likeness (QED) is 0.0269. The number of phosphoric ester groups is 1. The van der Waals surface area contributed by atoms with Crippen molar-refractivity contribution < 1.29 is 37.6 Å². The SMILES string of the molecule is CCCCC/C=C/C/C=C/C/C=C/C/C=C/CCCCCC(=O)OC[C@H](COP(=O)(O)OCCN)OC(=O)CCC/C=C/C/C=C/C/C=C/C/C=C/CCCCC. The highest BCUT2D eigenvalue weighted by atomic mass is 31.2. The number of allylic oxidation sites excluding steroid dienone is 16. The summed E-state index contributed by atoms with van der Waals surface area (Å²) in [5.41, 5.74) is 5.34. The van der Waals surface area contributed by atoms with E-state index in [0.717, 1.165) is 64.2 Å². The molecule has 0 spiro atoms. The van der Waals surface area contributed by atoms with Crippen molar-refractivity contribution in [1.29, 1.82) is 0 Å². The number of hydrogen-bond acceptors (Lipinski definition) is 8. The second-order valence-corrected chi connectivity index (χ2v) is 15.3. The molecule has 9 nitrogen and oxygen atoms in total. The van der Waals surface area contributed by atoms with E-state index in [0.29, 0.717) is 19.3 Å². The highest BCUT2D eigenvalue weighted by Crippen LogP contribution is 2.43. The van der Waals surface area contributed by atoms with Crippen LogP contribution in [0, 0.1) is 0 Å². The van der Waals surface area contributed by atoms with E-state index in [-0.39, 0.29) is 32.6 Å². The monoisotopic (exact) mass is 816 g/mol. The lowest BCUT2D eigenvalue weighted by Gasteiger charge is -2.19. The van der Waals surface area contributed by atoms with Crippen LogP contribution < -0.4 is 5.73 Å². The van der Waals surface area contributed by atoms with Crippen molar-refractivity contribution in [2.24, 2.45) is 5.73 Å². The number of esters is 2. The Morgan fingerprint density at radius 1 is 0.526 bits per heavy atom. The minimum Gasteiger partial charge on any atom is -0.462 e. The van der Waals surface area contributed by atoms with Crippen molar-refractivity contribution in [2.75, 3.05) is 26.4 Å². The number of nitrogens with two attached hydrogens (primary N) is 1. The van der Waals surface area contributed by atoms with E-state index >= 15 is 0 Å². The van der Waals surface area contributed by atoms with Crippen molar-refractivity contribution in [3.8, 4) is 0 Å². The fourth-order valence-corrected chi connectivity index (χ4v) is 5.96. The molecular formula is C47H78NO8P. The third-order valence-electron chi connectivity index (χ3n) is 8.44. The number of rotatable bonds is 39. The molecule has 0 aliphatic rings. The Balaban J connectivity index is 4.34.